The third-order valence-electron chi connectivity index (χ3n) is 1.31. The molecule has 4 nitrogen and oxygen atoms in total. The van der Waals surface area contributed by atoms with Crippen LogP contribution in [-0.2, 0) is 14.2 Å². The summed E-state index contributed by atoms with van der Waals surface area (Å²) in [5.74, 6) is 0. The first-order chi connectivity index (χ1) is 5.81. The van der Waals surface area contributed by atoms with Crippen LogP contribution in [0.2, 0.25) is 0 Å². The van der Waals surface area contributed by atoms with Gasteiger partial charge in [-0.05, 0) is 6.42 Å². The van der Waals surface area contributed by atoms with Gasteiger partial charge >= 0.3 is 0 Å². The van der Waals surface area contributed by atoms with Crippen LogP contribution >= 0.6 is 0 Å². The quantitative estimate of drug-likeness (QED) is 0.533. The summed E-state index contributed by atoms with van der Waals surface area (Å²) in [6, 6.07) is 0. The normalized spacial score (nSPS) is 13.2. The highest BCUT2D eigenvalue weighted by molar-refractivity contribution is 4.49. The third-order valence-corrected chi connectivity index (χ3v) is 1.31. The number of aliphatic hydroxyl groups is 1. The van der Waals surface area contributed by atoms with Crippen molar-refractivity contribution in [1.29, 1.82) is 0 Å². The standard InChI is InChI=1S/C8H18O4/c1-10-4-3-5-12-7-8(9)6-11-2/h8-9H,3-7H2,1-2H3. The van der Waals surface area contributed by atoms with Crippen LogP contribution in [0.25, 0.3) is 0 Å². The molecular weight excluding hydrogens is 160 g/mol. The maximum absolute atomic E-state index is 9.12. The van der Waals surface area contributed by atoms with Crippen molar-refractivity contribution < 1.29 is 19.3 Å². The van der Waals surface area contributed by atoms with E-state index in [2.05, 4.69) is 0 Å². The molecule has 0 bridgehead atoms. The van der Waals surface area contributed by atoms with E-state index in [0.717, 1.165) is 6.42 Å². The van der Waals surface area contributed by atoms with Crippen molar-refractivity contribution >= 4 is 0 Å². The Balaban J connectivity index is 2.97. The van der Waals surface area contributed by atoms with Crippen molar-refractivity contribution in [2.24, 2.45) is 0 Å². The summed E-state index contributed by atoms with van der Waals surface area (Å²) in [6.07, 6.45) is 0.341. The Morgan fingerprint density at radius 3 is 2.42 bits per heavy atom. The first-order valence-corrected chi connectivity index (χ1v) is 4.05. The lowest BCUT2D eigenvalue weighted by molar-refractivity contribution is -0.00972. The Morgan fingerprint density at radius 1 is 1.08 bits per heavy atom. The monoisotopic (exact) mass is 178 g/mol. The molecule has 1 N–H and O–H groups in total. The van der Waals surface area contributed by atoms with Gasteiger partial charge in [-0.2, -0.15) is 0 Å². The second-order valence-electron chi connectivity index (χ2n) is 2.53. The molecule has 74 valence electrons. The zero-order valence-corrected chi connectivity index (χ0v) is 7.78. The number of ether oxygens (including phenoxy) is 3. The predicted molar refractivity (Wildman–Crippen MR) is 45.2 cm³/mol. The highest BCUT2D eigenvalue weighted by Crippen LogP contribution is 1.88. The molecule has 12 heavy (non-hydrogen) atoms. The van der Waals surface area contributed by atoms with E-state index in [1.807, 2.05) is 0 Å². The molecule has 0 spiro atoms. The molecule has 0 rings (SSSR count). The fourth-order valence-electron chi connectivity index (χ4n) is 0.765. The second-order valence-corrected chi connectivity index (χ2v) is 2.53. The fourth-order valence-corrected chi connectivity index (χ4v) is 0.765. The van der Waals surface area contributed by atoms with Gasteiger partial charge in [0, 0.05) is 27.4 Å². The molecule has 0 aliphatic heterocycles. The van der Waals surface area contributed by atoms with Gasteiger partial charge in [0.25, 0.3) is 0 Å². The van der Waals surface area contributed by atoms with E-state index in [-0.39, 0.29) is 0 Å². The molecule has 1 unspecified atom stereocenters. The summed E-state index contributed by atoms with van der Waals surface area (Å²) in [5, 5.41) is 9.12. The van der Waals surface area contributed by atoms with Gasteiger partial charge in [0.15, 0.2) is 0 Å². The average molecular weight is 178 g/mol. The van der Waals surface area contributed by atoms with Gasteiger partial charge in [0.05, 0.1) is 13.2 Å². The summed E-state index contributed by atoms with van der Waals surface area (Å²) in [5.41, 5.74) is 0. The SMILES string of the molecule is COCCCOCC(O)COC. The van der Waals surface area contributed by atoms with Crippen LogP contribution in [0.5, 0.6) is 0 Å². The highest BCUT2D eigenvalue weighted by Gasteiger charge is 2.01. The first-order valence-electron chi connectivity index (χ1n) is 4.05. The second kappa shape index (κ2) is 8.93. The number of aliphatic hydroxyl groups excluding tert-OH is 1. The molecule has 0 aliphatic rings. The van der Waals surface area contributed by atoms with E-state index >= 15 is 0 Å². The zero-order valence-electron chi connectivity index (χ0n) is 7.78. The summed E-state index contributed by atoms with van der Waals surface area (Å²) in [6.45, 7) is 1.97. The van der Waals surface area contributed by atoms with Crippen LogP contribution in [0.3, 0.4) is 0 Å². The molecule has 0 saturated carbocycles. The summed E-state index contributed by atoms with van der Waals surface area (Å²) < 4.78 is 14.7. The predicted octanol–water partition coefficient (Wildman–Crippen LogP) is 0.0468. The molecule has 0 radical (unpaired) electrons. The molecule has 0 amide bonds. The van der Waals surface area contributed by atoms with Gasteiger partial charge in [-0.1, -0.05) is 0 Å². The number of hydrogen-bond acceptors (Lipinski definition) is 4. The molecule has 4 heteroatoms. The minimum atomic E-state index is -0.516. The van der Waals surface area contributed by atoms with Crippen molar-refractivity contribution in [3.8, 4) is 0 Å². The molecule has 0 aliphatic carbocycles. The minimum absolute atomic E-state index is 0.324. The van der Waals surface area contributed by atoms with Crippen molar-refractivity contribution in [3.63, 3.8) is 0 Å². The molecule has 0 saturated heterocycles. The van der Waals surface area contributed by atoms with E-state index < -0.39 is 6.10 Å². The molecule has 0 aromatic heterocycles. The topological polar surface area (TPSA) is 47.9 Å². The Kier molecular flexibility index (Phi) is 8.81. The highest BCUT2D eigenvalue weighted by atomic mass is 16.5. The molecule has 0 aromatic rings. The Morgan fingerprint density at radius 2 is 1.83 bits per heavy atom. The fraction of sp³-hybridized carbons (Fsp3) is 1.00. The Hall–Kier alpha value is -0.160. The van der Waals surface area contributed by atoms with Gasteiger partial charge in [-0.3, -0.25) is 0 Å². The summed E-state index contributed by atoms with van der Waals surface area (Å²) >= 11 is 0. The van der Waals surface area contributed by atoms with E-state index in [0.29, 0.717) is 26.4 Å². The van der Waals surface area contributed by atoms with Gasteiger partial charge in [0.2, 0.25) is 0 Å². The lowest BCUT2D eigenvalue weighted by Crippen LogP contribution is -2.21. The number of methoxy groups -OCH3 is 2. The Bertz CT molecular complexity index is 87.1. The van der Waals surface area contributed by atoms with Crippen LogP contribution in [0.4, 0.5) is 0 Å². The maximum atomic E-state index is 9.12. The van der Waals surface area contributed by atoms with Crippen molar-refractivity contribution in [3.05, 3.63) is 0 Å². The smallest absolute Gasteiger partial charge is 0.101 e. The van der Waals surface area contributed by atoms with E-state index in [9.17, 15) is 0 Å². The van der Waals surface area contributed by atoms with E-state index in [1.54, 1.807) is 14.2 Å². The van der Waals surface area contributed by atoms with Crippen molar-refractivity contribution in [2.45, 2.75) is 12.5 Å². The van der Waals surface area contributed by atoms with Crippen LogP contribution in [0, 0.1) is 0 Å². The van der Waals surface area contributed by atoms with Crippen LogP contribution in [0.15, 0.2) is 0 Å². The average Bonchev–Trinajstić information content (AvgIpc) is 2.05. The van der Waals surface area contributed by atoms with Crippen LogP contribution < -0.4 is 0 Å². The van der Waals surface area contributed by atoms with E-state index in [4.69, 9.17) is 19.3 Å². The molecule has 0 fully saturated rings. The number of rotatable bonds is 8. The van der Waals surface area contributed by atoms with Crippen molar-refractivity contribution in [2.75, 3.05) is 40.6 Å². The molecule has 0 aromatic carbocycles. The van der Waals surface area contributed by atoms with Gasteiger partial charge in [-0.15, -0.1) is 0 Å². The third kappa shape index (κ3) is 7.94. The van der Waals surface area contributed by atoms with Crippen molar-refractivity contribution in [1.82, 2.24) is 0 Å². The summed E-state index contributed by atoms with van der Waals surface area (Å²) in [7, 11) is 3.20. The van der Waals surface area contributed by atoms with Gasteiger partial charge < -0.3 is 19.3 Å². The lowest BCUT2D eigenvalue weighted by atomic mass is 10.4. The maximum Gasteiger partial charge on any atom is 0.101 e. The molecular formula is C8H18O4. The molecule has 0 heterocycles. The van der Waals surface area contributed by atoms with Crippen LogP contribution in [-0.4, -0.2) is 51.9 Å². The van der Waals surface area contributed by atoms with E-state index in [1.165, 1.54) is 0 Å². The first kappa shape index (κ1) is 11.8. The zero-order chi connectivity index (χ0) is 9.23. The number of hydrogen-bond donors (Lipinski definition) is 1. The largest absolute Gasteiger partial charge is 0.388 e. The molecule has 1 atom stereocenters. The van der Waals surface area contributed by atoms with Crippen LogP contribution in [0.1, 0.15) is 6.42 Å². The summed E-state index contributed by atoms with van der Waals surface area (Å²) in [4.78, 5) is 0. The van der Waals surface area contributed by atoms with Gasteiger partial charge in [-0.25, -0.2) is 0 Å². The van der Waals surface area contributed by atoms with Gasteiger partial charge in [0.1, 0.15) is 6.10 Å². The Labute approximate surface area is 73.4 Å². The lowest BCUT2D eigenvalue weighted by Gasteiger charge is -2.09. The minimum Gasteiger partial charge on any atom is -0.388 e.